The molecule has 2 saturated heterocycles. The minimum absolute atomic E-state index is 0.269. The van der Waals surface area contributed by atoms with Gasteiger partial charge in [0.25, 0.3) is 0 Å². The van der Waals surface area contributed by atoms with E-state index in [1.807, 2.05) is 6.92 Å². The number of rotatable bonds is 5. The molecule has 26 heavy (non-hydrogen) atoms. The van der Waals surface area contributed by atoms with E-state index in [1.165, 1.54) is 4.90 Å². The number of ether oxygens (including phenoxy) is 1. The number of fused-ring (bicyclic) bond motifs is 1. The van der Waals surface area contributed by atoms with Crippen LogP contribution in [-0.2, 0) is 14.3 Å². The fourth-order valence-corrected chi connectivity index (χ4v) is 3.76. The lowest BCUT2D eigenvalue weighted by atomic mass is 9.81. The normalized spacial score (nSPS) is 27.9. The Kier molecular flexibility index (Phi) is 5.13. The molecule has 2 aliphatic rings. The molecule has 3 rings (SSSR count). The van der Waals surface area contributed by atoms with E-state index in [-0.39, 0.29) is 17.9 Å². The van der Waals surface area contributed by atoms with E-state index in [0.29, 0.717) is 23.0 Å². The van der Waals surface area contributed by atoms with Gasteiger partial charge in [0.2, 0.25) is 11.8 Å². The minimum atomic E-state index is -0.564. The molecule has 2 amide bonds. The van der Waals surface area contributed by atoms with Crippen molar-refractivity contribution < 1.29 is 14.3 Å². The third kappa shape index (κ3) is 2.93. The van der Waals surface area contributed by atoms with Crippen LogP contribution in [0.15, 0.2) is 24.3 Å². The number of amides is 2. The average molecular weight is 348 g/mol. The van der Waals surface area contributed by atoms with Crippen LogP contribution in [0.5, 0.6) is 0 Å². The zero-order valence-corrected chi connectivity index (χ0v) is 15.4. The van der Waals surface area contributed by atoms with E-state index >= 15 is 0 Å². The highest BCUT2D eigenvalue weighted by Crippen LogP contribution is 2.43. The molecule has 4 radical (unpaired) electrons. The molecule has 2 aliphatic heterocycles. The largest absolute Gasteiger partial charge is 0.358 e. The van der Waals surface area contributed by atoms with Crippen LogP contribution in [-0.4, -0.2) is 46.9 Å². The Morgan fingerprint density at radius 2 is 1.81 bits per heavy atom. The Hall–Kier alpha value is -1.85. The number of hydrogen-bond acceptors (Lipinski definition) is 4. The summed E-state index contributed by atoms with van der Waals surface area (Å²) in [5.74, 6) is -1.65. The molecule has 1 aromatic carbocycles. The van der Waals surface area contributed by atoms with Crippen LogP contribution < -0.4 is 21.1 Å². The molecule has 0 bridgehead atoms. The lowest BCUT2D eigenvalue weighted by Crippen LogP contribution is -2.40. The summed E-state index contributed by atoms with van der Waals surface area (Å²) in [5.41, 5.74) is 3.05. The molecule has 0 spiro atoms. The first kappa shape index (κ1) is 18.9. The number of hydrogen-bond donors (Lipinski definition) is 1. The van der Waals surface area contributed by atoms with Crippen molar-refractivity contribution in [1.29, 1.82) is 0 Å². The summed E-state index contributed by atoms with van der Waals surface area (Å²) in [4.78, 5) is 27.4. The molecule has 1 N–H and O–H groups in total. The van der Waals surface area contributed by atoms with E-state index in [1.54, 1.807) is 26.1 Å². The van der Waals surface area contributed by atoms with Crippen molar-refractivity contribution in [2.24, 2.45) is 11.8 Å². The Bertz CT molecular complexity index is 757. The van der Waals surface area contributed by atoms with Gasteiger partial charge in [-0.3, -0.25) is 14.9 Å². The highest BCUT2D eigenvalue weighted by molar-refractivity contribution is 6.40. The third-order valence-electron chi connectivity index (χ3n) is 5.45. The highest BCUT2D eigenvalue weighted by atomic mass is 16.5. The summed E-state index contributed by atoms with van der Waals surface area (Å²) in [7, 11) is 13.7. The van der Waals surface area contributed by atoms with Crippen LogP contribution in [0.1, 0.15) is 25.3 Å². The number of imide groups is 1. The van der Waals surface area contributed by atoms with Gasteiger partial charge < -0.3 is 4.74 Å². The van der Waals surface area contributed by atoms with Crippen LogP contribution in [0, 0.1) is 18.8 Å². The van der Waals surface area contributed by atoms with Gasteiger partial charge in [-0.05, 0) is 38.9 Å². The summed E-state index contributed by atoms with van der Waals surface area (Å²) in [6.07, 6.45) is 0.488. The zero-order valence-electron chi connectivity index (χ0n) is 15.4. The molecule has 4 atom stereocenters. The van der Waals surface area contributed by atoms with E-state index in [9.17, 15) is 9.59 Å². The highest BCUT2D eigenvalue weighted by Gasteiger charge is 2.59. The predicted molar refractivity (Wildman–Crippen MR) is 103 cm³/mol. The Morgan fingerprint density at radius 1 is 1.23 bits per heavy atom. The van der Waals surface area contributed by atoms with Crippen LogP contribution in [0.25, 0.3) is 0 Å². The summed E-state index contributed by atoms with van der Waals surface area (Å²) in [6, 6.07) is 3.25. The molecule has 2 fully saturated rings. The number of nitrogens with zero attached hydrogens (tertiary/aromatic N) is 1. The molecular formula is C19H22B2N2O3. The van der Waals surface area contributed by atoms with Gasteiger partial charge in [0.05, 0.1) is 23.6 Å². The van der Waals surface area contributed by atoms with Crippen LogP contribution in [0.2, 0.25) is 0 Å². The van der Waals surface area contributed by atoms with Gasteiger partial charge >= 0.3 is 0 Å². The fourth-order valence-electron chi connectivity index (χ4n) is 3.76. The first-order chi connectivity index (χ1) is 12.3. The molecule has 0 saturated carbocycles. The predicted octanol–water partition coefficient (Wildman–Crippen LogP) is -0.0112. The maximum atomic E-state index is 13.1. The van der Waals surface area contributed by atoms with Crippen molar-refractivity contribution in [2.45, 2.75) is 39.0 Å². The van der Waals surface area contributed by atoms with Crippen molar-refractivity contribution in [3.05, 3.63) is 29.8 Å². The van der Waals surface area contributed by atoms with Gasteiger partial charge in [0, 0.05) is 0 Å². The van der Waals surface area contributed by atoms with Gasteiger partial charge in [0.1, 0.15) is 21.9 Å². The molecule has 1 aromatic rings. The van der Waals surface area contributed by atoms with Gasteiger partial charge in [-0.2, -0.15) is 0 Å². The van der Waals surface area contributed by atoms with Crippen LogP contribution in [0.3, 0.4) is 0 Å². The van der Waals surface area contributed by atoms with Crippen molar-refractivity contribution in [2.75, 3.05) is 11.9 Å². The average Bonchev–Trinajstić information content (AvgIpc) is 3.09. The minimum Gasteiger partial charge on any atom is -0.358 e. The van der Waals surface area contributed by atoms with E-state index in [4.69, 9.17) is 20.4 Å². The fraction of sp³-hybridized carbons (Fsp3) is 0.474. The van der Waals surface area contributed by atoms with E-state index in [0.717, 1.165) is 17.6 Å². The van der Waals surface area contributed by atoms with Gasteiger partial charge in [-0.15, -0.1) is 0 Å². The molecule has 132 valence electrons. The number of nitrogens with one attached hydrogen (secondary N) is 1. The Balaban J connectivity index is 1.98. The van der Waals surface area contributed by atoms with Crippen molar-refractivity contribution >= 4 is 44.1 Å². The van der Waals surface area contributed by atoms with E-state index in [2.05, 4.69) is 11.9 Å². The lowest BCUT2D eigenvalue weighted by molar-refractivity contribution is -0.126. The maximum absolute atomic E-state index is 13.1. The molecule has 2 heterocycles. The van der Waals surface area contributed by atoms with E-state index < -0.39 is 18.1 Å². The van der Waals surface area contributed by atoms with Gasteiger partial charge in [0.15, 0.2) is 0 Å². The second kappa shape index (κ2) is 7.05. The van der Waals surface area contributed by atoms with Crippen molar-refractivity contribution in [3.63, 3.8) is 0 Å². The maximum Gasteiger partial charge on any atom is 0.241 e. The number of carbonyl (C=O) groups excluding carboxylic acids is 2. The quantitative estimate of drug-likeness (QED) is 0.462. The SMILES string of the molecule is [B]c1cc(N2C(=O)C3C(CC(=C)CC)OC(NC)C3C2=O)cc([B])c1C. The topological polar surface area (TPSA) is 58.6 Å². The monoisotopic (exact) mass is 348 g/mol. The zero-order chi connectivity index (χ0) is 19.2. The Morgan fingerprint density at radius 3 is 2.35 bits per heavy atom. The van der Waals surface area contributed by atoms with Gasteiger partial charge in [-0.25, -0.2) is 4.90 Å². The van der Waals surface area contributed by atoms with Crippen LogP contribution >= 0.6 is 0 Å². The van der Waals surface area contributed by atoms with Gasteiger partial charge in [-0.1, -0.05) is 35.6 Å². The summed E-state index contributed by atoms with van der Waals surface area (Å²) in [5, 5.41) is 3.01. The van der Waals surface area contributed by atoms with Crippen LogP contribution in [0.4, 0.5) is 5.69 Å². The first-order valence-corrected chi connectivity index (χ1v) is 8.82. The second-order valence-electron chi connectivity index (χ2n) is 7.00. The molecule has 4 unspecified atom stereocenters. The summed E-state index contributed by atoms with van der Waals surface area (Å²) < 4.78 is 5.95. The second-order valence-corrected chi connectivity index (χ2v) is 7.00. The summed E-state index contributed by atoms with van der Waals surface area (Å²) >= 11 is 0. The summed E-state index contributed by atoms with van der Waals surface area (Å²) in [6.45, 7) is 7.82. The standard InChI is InChI=1S/C19H22B2N2O3/c1-5-9(2)6-14-15-16(17(22-4)26-14)19(25)23(18(15)24)11-7-12(20)10(3)13(21)8-11/h7-8,14-17,22H,2,5-6H2,1,3-4H3. The lowest BCUT2D eigenvalue weighted by Gasteiger charge is -2.23. The molecule has 0 aromatic heterocycles. The third-order valence-corrected chi connectivity index (χ3v) is 5.45. The molecule has 5 nitrogen and oxygen atoms in total. The number of anilines is 1. The first-order valence-electron chi connectivity index (χ1n) is 8.82. The smallest absolute Gasteiger partial charge is 0.241 e. The molecule has 0 aliphatic carbocycles. The van der Waals surface area contributed by atoms with Crippen molar-refractivity contribution in [3.8, 4) is 0 Å². The van der Waals surface area contributed by atoms with Crippen molar-refractivity contribution in [1.82, 2.24) is 5.32 Å². The Labute approximate surface area is 157 Å². The molecular weight excluding hydrogens is 326 g/mol. The number of benzene rings is 1. The number of carbonyl (C=O) groups is 2. The molecule has 7 heteroatoms.